The predicted octanol–water partition coefficient (Wildman–Crippen LogP) is 3.50. The van der Waals surface area contributed by atoms with E-state index < -0.39 is 15.9 Å². The Balaban J connectivity index is 1.59. The molecule has 3 aromatic rings. The Labute approximate surface area is 177 Å². The zero-order valence-electron chi connectivity index (χ0n) is 15.7. The summed E-state index contributed by atoms with van der Waals surface area (Å²) in [6.07, 6.45) is 1.55. The number of aliphatic imine (C=N–C) groups is 1. The van der Waals surface area contributed by atoms with Crippen LogP contribution in [0.3, 0.4) is 0 Å². The van der Waals surface area contributed by atoms with Gasteiger partial charge >= 0.3 is 0 Å². The van der Waals surface area contributed by atoms with E-state index in [1.807, 2.05) is 18.2 Å². The maximum atomic E-state index is 12.9. The molecule has 4 rings (SSSR count). The van der Waals surface area contributed by atoms with Crippen molar-refractivity contribution >= 4 is 49.7 Å². The van der Waals surface area contributed by atoms with Crippen molar-refractivity contribution in [1.29, 1.82) is 0 Å². The van der Waals surface area contributed by atoms with Crippen molar-refractivity contribution in [2.24, 2.45) is 4.99 Å². The molecule has 0 bridgehead atoms. The van der Waals surface area contributed by atoms with Crippen LogP contribution in [0.5, 0.6) is 11.5 Å². The minimum atomic E-state index is -3.94. The molecule has 9 heteroatoms. The number of methoxy groups -OCH3 is 1. The van der Waals surface area contributed by atoms with E-state index in [2.05, 4.69) is 9.71 Å². The van der Waals surface area contributed by atoms with Crippen LogP contribution in [0.25, 0.3) is 16.8 Å². The number of ether oxygens (including phenoxy) is 1. The van der Waals surface area contributed by atoms with E-state index in [0.29, 0.717) is 10.9 Å². The number of rotatable bonds is 4. The molecule has 1 aliphatic rings. The summed E-state index contributed by atoms with van der Waals surface area (Å²) < 4.78 is 33.3. The summed E-state index contributed by atoms with van der Waals surface area (Å²) in [6.45, 7) is 0. The first-order chi connectivity index (χ1) is 14.4. The Morgan fingerprint density at radius 2 is 1.87 bits per heavy atom. The highest BCUT2D eigenvalue weighted by Gasteiger charge is 2.27. The summed E-state index contributed by atoms with van der Waals surface area (Å²) in [5.41, 5.74) is 0.605. The molecule has 2 N–H and O–H groups in total. The minimum absolute atomic E-state index is 0.0232. The number of sulfonamides is 1. The predicted molar refractivity (Wildman–Crippen MR) is 117 cm³/mol. The molecular weight excluding hydrogens is 424 g/mol. The molecule has 1 heterocycles. The molecule has 0 saturated carbocycles. The molecule has 0 spiro atoms. The summed E-state index contributed by atoms with van der Waals surface area (Å²) >= 11 is 0.926. The van der Waals surface area contributed by atoms with Gasteiger partial charge in [0.1, 0.15) is 0 Å². The smallest absolute Gasteiger partial charge is 0.286 e. The van der Waals surface area contributed by atoms with E-state index in [1.54, 1.807) is 36.4 Å². The SMILES string of the molecule is COc1cc(/C=C2\SC(NS(=O)(=O)c3cccc4ccccc34)=NC2=O)ccc1O. The normalized spacial score (nSPS) is 15.4. The van der Waals surface area contributed by atoms with Crippen LogP contribution in [0, 0.1) is 0 Å². The maximum Gasteiger partial charge on any atom is 0.286 e. The average Bonchev–Trinajstić information content (AvgIpc) is 3.06. The lowest BCUT2D eigenvalue weighted by Gasteiger charge is -2.09. The fourth-order valence-electron chi connectivity index (χ4n) is 2.99. The van der Waals surface area contributed by atoms with Gasteiger partial charge < -0.3 is 9.84 Å². The number of amidine groups is 1. The van der Waals surface area contributed by atoms with Crippen molar-refractivity contribution in [3.05, 3.63) is 71.1 Å². The second-order valence-electron chi connectivity index (χ2n) is 6.35. The number of nitrogens with zero attached hydrogens (tertiary/aromatic N) is 1. The van der Waals surface area contributed by atoms with Crippen LogP contribution < -0.4 is 9.46 Å². The Morgan fingerprint density at radius 1 is 1.10 bits per heavy atom. The largest absolute Gasteiger partial charge is 0.504 e. The second kappa shape index (κ2) is 7.85. The maximum absolute atomic E-state index is 12.9. The van der Waals surface area contributed by atoms with E-state index in [-0.39, 0.29) is 26.5 Å². The summed E-state index contributed by atoms with van der Waals surface area (Å²) in [5, 5.41) is 11.0. The number of amides is 1. The number of carbonyl (C=O) groups is 1. The van der Waals surface area contributed by atoms with Crippen LogP contribution in [0.2, 0.25) is 0 Å². The van der Waals surface area contributed by atoms with Gasteiger partial charge in [0.2, 0.25) is 0 Å². The number of thioether (sulfide) groups is 1. The Kier molecular flexibility index (Phi) is 5.23. The van der Waals surface area contributed by atoms with E-state index >= 15 is 0 Å². The molecule has 1 aliphatic heterocycles. The number of nitrogens with one attached hydrogen (secondary N) is 1. The number of carbonyl (C=O) groups excluding carboxylic acids is 1. The molecule has 3 aromatic carbocycles. The highest BCUT2D eigenvalue weighted by molar-refractivity contribution is 8.19. The molecular formula is C21H16N2O5S2. The number of hydrogen-bond donors (Lipinski definition) is 2. The fourth-order valence-corrected chi connectivity index (χ4v) is 5.27. The van der Waals surface area contributed by atoms with Gasteiger partial charge in [0.05, 0.1) is 16.9 Å². The van der Waals surface area contributed by atoms with Crippen molar-refractivity contribution in [1.82, 2.24) is 4.72 Å². The number of hydrogen-bond acceptors (Lipinski definition) is 6. The summed E-state index contributed by atoms with van der Waals surface area (Å²) in [5.74, 6) is -0.315. The van der Waals surface area contributed by atoms with Crippen molar-refractivity contribution in [3.63, 3.8) is 0 Å². The zero-order valence-corrected chi connectivity index (χ0v) is 17.3. The van der Waals surface area contributed by atoms with Crippen molar-refractivity contribution < 1.29 is 23.1 Å². The van der Waals surface area contributed by atoms with Crippen molar-refractivity contribution in [2.75, 3.05) is 7.11 Å². The Hall–Kier alpha value is -3.30. The third-order valence-corrected chi connectivity index (χ3v) is 6.81. The van der Waals surface area contributed by atoms with Gasteiger partial charge in [0, 0.05) is 5.39 Å². The van der Waals surface area contributed by atoms with Gasteiger partial charge in [-0.3, -0.25) is 9.52 Å². The van der Waals surface area contributed by atoms with Crippen molar-refractivity contribution in [3.8, 4) is 11.5 Å². The monoisotopic (exact) mass is 440 g/mol. The lowest BCUT2D eigenvalue weighted by Crippen LogP contribution is -2.27. The van der Waals surface area contributed by atoms with Gasteiger partial charge in [-0.15, -0.1) is 0 Å². The molecule has 0 radical (unpaired) electrons. The van der Waals surface area contributed by atoms with Crippen LogP contribution in [0.4, 0.5) is 0 Å². The molecule has 0 unspecified atom stereocenters. The van der Waals surface area contributed by atoms with Gasteiger partial charge in [-0.1, -0.05) is 42.5 Å². The van der Waals surface area contributed by atoms with E-state index in [1.165, 1.54) is 19.2 Å². The highest BCUT2D eigenvalue weighted by Crippen LogP contribution is 2.32. The molecule has 0 aliphatic carbocycles. The van der Waals surface area contributed by atoms with Gasteiger partial charge in [-0.05, 0) is 47.0 Å². The first kappa shape index (κ1) is 20.0. The molecule has 0 saturated heterocycles. The number of phenols is 1. The summed E-state index contributed by atoms with van der Waals surface area (Å²) in [7, 11) is -2.52. The van der Waals surface area contributed by atoms with Crippen LogP contribution in [-0.2, 0) is 14.8 Å². The van der Waals surface area contributed by atoms with Crippen LogP contribution >= 0.6 is 11.8 Å². The molecule has 30 heavy (non-hydrogen) atoms. The lowest BCUT2D eigenvalue weighted by molar-refractivity contribution is -0.113. The third kappa shape index (κ3) is 3.89. The van der Waals surface area contributed by atoms with Crippen LogP contribution in [0.15, 0.2) is 75.5 Å². The topological polar surface area (TPSA) is 105 Å². The average molecular weight is 441 g/mol. The zero-order chi connectivity index (χ0) is 21.3. The third-order valence-electron chi connectivity index (χ3n) is 4.38. The summed E-state index contributed by atoms with van der Waals surface area (Å²) in [6, 6.07) is 16.8. The lowest BCUT2D eigenvalue weighted by atomic mass is 10.1. The fraction of sp³-hybridized carbons (Fsp3) is 0.0476. The van der Waals surface area contributed by atoms with Crippen molar-refractivity contribution in [2.45, 2.75) is 4.90 Å². The van der Waals surface area contributed by atoms with Crippen LogP contribution in [0.1, 0.15) is 5.56 Å². The van der Waals surface area contributed by atoms with Gasteiger partial charge in [-0.25, -0.2) is 8.42 Å². The standard InChI is InChI=1S/C21H16N2O5S2/c1-28-17-11-13(9-10-16(17)24)12-18-20(25)22-21(29-18)23-30(26,27)19-8-4-6-14-5-2-3-7-15(14)19/h2-12,24H,1H3,(H,22,23,25)/b18-12-. The number of aromatic hydroxyl groups is 1. The van der Waals surface area contributed by atoms with E-state index in [0.717, 1.165) is 17.1 Å². The first-order valence-electron chi connectivity index (χ1n) is 8.77. The molecule has 1 amide bonds. The summed E-state index contributed by atoms with van der Waals surface area (Å²) in [4.78, 5) is 16.4. The Morgan fingerprint density at radius 3 is 2.67 bits per heavy atom. The van der Waals surface area contributed by atoms with Gasteiger partial charge in [-0.2, -0.15) is 4.99 Å². The number of phenolic OH excluding ortho intramolecular Hbond substituents is 1. The second-order valence-corrected chi connectivity index (χ2v) is 9.03. The molecule has 0 fully saturated rings. The number of benzene rings is 3. The van der Waals surface area contributed by atoms with Gasteiger partial charge in [0.25, 0.3) is 15.9 Å². The highest BCUT2D eigenvalue weighted by atomic mass is 32.2. The Bertz CT molecular complexity index is 1320. The molecule has 7 nitrogen and oxygen atoms in total. The molecule has 152 valence electrons. The van der Waals surface area contributed by atoms with Crippen LogP contribution in [-0.4, -0.2) is 31.7 Å². The van der Waals surface area contributed by atoms with E-state index in [4.69, 9.17) is 4.74 Å². The molecule has 0 aromatic heterocycles. The number of fused-ring (bicyclic) bond motifs is 1. The first-order valence-corrected chi connectivity index (χ1v) is 11.1. The van der Waals surface area contributed by atoms with E-state index in [9.17, 15) is 18.3 Å². The quantitative estimate of drug-likeness (QED) is 0.602. The minimum Gasteiger partial charge on any atom is -0.504 e. The molecule has 0 atom stereocenters. The van der Waals surface area contributed by atoms with Gasteiger partial charge in [0.15, 0.2) is 16.7 Å².